The molecule has 5 rings (SSSR count). The molecule has 3 aliphatic heterocycles. The summed E-state index contributed by atoms with van der Waals surface area (Å²) in [7, 11) is 0. The van der Waals surface area contributed by atoms with Gasteiger partial charge in [0.25, 0.3) is 5.91 Å². The molecule has 4 heteroatoms. The zero-order chi connectivity index (χ0) is 15.1. The summed E-state index contributed by atoms with van der Waals surface area (Å²) in [5.74, 6) is 0.664. The number of pyridine rings is 1. The molecule has 0 radical (unpaired) electrons. The first-order valence-electron chi connectivity index (χ1n) is 8.10. The Hall–Kier alpha value is -1.94. The molecule has 3 aliphatic rings. The van der Waals surface area contributed by atoms with Crippen LogP contribution in [0.4, 0.5) is 0 Å². The Bertz CT molecular complexity index is 719. The topological polar surface area (TPSA) is 45.2 Å². The van der Waals surface area contributed by atoms with Crippen molar-refractivity contribution in [3.05, 3.63) is 41.6 Å². The fourth-order valence-corrected chi connectivity index (χ4v) is 3.82. The van der Waals surface area contributed by atoms with Crippen LogP contribution < -0.4 is 5.32 Å². The van der Waals surface area contributed by atoms with Crippen LogP contribution in [0.3, 0.4) is 0 Å². The number of fused-ring (bicyclic) bond motifs is 4. The molecule has 1 aromatic carbocycles. The van der Waals surface area contributed by atoms with Crippen LogP contribution in [-0.2, 0) is 0 Å². The minimum absolute atomic E-state index is 0.0227. The van der Waals surface area contributed by atoms with Gasteiger partial charge < -0.3 is 10.2 Å². The van der Waals surface area contributed by atoms with Crippen molar-refractivity contribution < 1.29 is 4.79 Å². The fourth-order valence-electron chi connectivity index (χ4n) is 3.82. The number of hydrogen-bond donors (Lipinski definition) is 1. The molecule has 3 saturated heterocycles. The quantitative estimate of drug-likeness (QED) is 0.925. The summed E-state index contributed by atoms with van der Waals surface area (Å²) < 4.78 is 0. The van der Waals surface area contributed by atoms with Crippen molar-refractivity contribution in [2.24, 2.45) is 5.92 Å². The normalized spacial score (nSPS) is 27.0. The molecule has 1 amide bonds. The van der Waals surface area contributed by atoms with Gasteiger partial charge in [0.05, 0.1) is 16.8 Å². The lowest BCUT2D eigenvalue weighted by Gasteiger charge is -2.44. The minimum Gasteiger partial charge on any atom is -0.348 e. The van der Waals surface area contributed by atoms with E-state index in [1.807, 2.05) is 37.3 Å². The Morgan fingerprint density at radius 2 is 2.05 bits per heavy atom. The highest BCUT2D eigenvalue weighted by Gasteiger charge is 2.35. The maximum Gasteiger partial charge on any atom is 0.253 e. The summed E-state index contributed by atoms with van der Waals surface area (Å²) in [6.07, 6.45) is 2.42. The summed E-state index contributed by atoms with van der Waals surface area (Å²) in [6, 6.07) is 10.2. The second-order valence-corrected chi connectivity index (χ2v) is 6.53. The van der Waals surface area contributed by atoms with E-state index in [1.54, 1.807) is 0 Å². The van der Waals surface area contributed by atoms with Crippen LogP contribution in [0.1, 0.15) is 28.9 Å². The third-order valence-electron chi connectivity index (χ3n) is 5.13. The number of carbonyl (C=O) groups excluding carboxylic acids is 1. The van der Waals surface area contributed by atoms with Gasteiger partial charge in [-0.3, -0.25) is 9.78 Å². The van der Waals surface area contributed by atoms with E-state index in [0.717, 1.165) is 23.1 Å². The molecule has 4 heterocycles. The maximum atomic E-state index is 12.7. The van der Waals surface area contributed by atoms with Gasteiger partial charge in [-0.2, -0.15) is 0 Å². The SMILES string of the molecule is Cc1nc2ccccc2cc1C(=O)NC1CN2CCC1CC2. The fraction of sp³-hybridized carbons (Fsp3) is 0.444. The van der Waals surface area contributed by atoms with E-state index in [0.29, 0.717) is 17.5 Å². The molecule has 2 bridgehead atoms. The number of piperidine rings is 3. The molecule has 1 N–H and O–H groups in total. The first-order valence-corrected chi connectivity index (χ1v) is 8.10. The number of nitrogens with zero attached hydrogens (tertiary/aromatic N) is 2. The van der Waals surface area contributed by atoms with Crippen molar-refractivity contribution in [1.29, 1.82) is 0 Å². The standard InChI is InChI=1S/C18H21N3O/c1-12-15(10-14-4-2-3-5-16(14)19-12)18(22)20-17-11-21-8-6-13(17)7-9-21/h2-5,10,13,17H,6-9,11H2,1H3,(H,20,22). The van der Waals surface area contributed by atoms with E-state index < -0.39 is 0 Å². The van der Waals surface area contributed by atoms with Crippen LogP contribution in [0.2, 0.25) is 0 Å². The van der Waals surface area contributed by atoms with Gasteiger partial charge >= 0.3 is 0 Å². The van der Waals surface area contributed by atoms with Gasteiger partial charge in [-0.25, -0.2) is 0 Å². The highest BCUT2D eigenvalue weighted by molar-refractivity contribution is 5.98. The Kier molecular flexibility index (Phi) is 3.34. The van der Waals surface area contributed by atoms with Crippen molar-refractivity contribution in [2.45, 2.75) is 25.8 Å². The number of hydrogen-bond acceptors (Lipinski definition) is 3. The Balaban J connectivity index is 1.58. The van der Waals surface area contributed by atoms with Gasteiger partial charge in [0.2, 0.25) is 0 Å². The van der Waals surface area contributed by atoms with E-state index in [4.69, 9.17) is 0 Å². The third-order valence-corrected chi connectivity index (χ3v) is 5.13. The van der Waals surface area contributed by atoms with E-state index in [-0.39, 0.29) is 5.91 Å². The average molecular weight is 295 g/mol. The number of carbonyl (C=O) groups is 1. The number of rotatable bonds is 2. The van der Waals surface area contributed by atoms with E-state index in [9.17, 15) is 4.79 Å². The molecule has 1 unspecified atom stereocenters. The predicted octanol–water partition coefficient (Wildman–Crippen LogP) is 2.37. The summed E-state index contributed by atoms with van der Waals surface area (Å²) in [6.45, 7) is 5.29. The summed E-state index contributed by atoms with van der Waals surface area (Å²) in [5, 5.41) is 4.27. The summed E-state index contributed by atoms with van der Waals surface area (Å²) in [4.78, 5) is 19.7. The summed E-state index contributed by atoms with van der Waals surface area (Å²) >= 11 is 0. The minimum atomic E-state index is 0.0227. The van der Waals surface area contributed by atoms with Gasteiger partial charge in [0.1, 0.15) is 0 Å². The van der Waals surface area contributed by atoms with Crippen molar-refractivity contribution in [3.63, 3.8) is 0 Å². The first-order chi connectivity index (χ1) is 10.7. The molecule has 1 atom stereocenters. The molecule has 4 nitrogen and oxygen atoms in total. The number of benzene rings is 1. The lowest BCUT2D eigenvalue weighted by molar-refractivity contribution is 0.0620. The van der Waals surface area contributed by atoms with Crippen LogP contribution in [0.15, 0.2) is 30.3 Å². The van der Waals surface area contributed by atoms with Gasteiger partial charge in [-0.1, -0.05) is 18.2 Å². The van der Waals surface area contributed by atoms with Crippen molar-refractivity contribution in [2.75, 3.05) is 19.6 Å². The molecule has 2 aromatic rings. The van der Waals surface area contributed by atoms with Crippen LogP contribution in [-0.4, -0.2) is 41.5 Å². The smallest absolute Gasteiger partial charge is 0.253 e. The van der Waals surface area contributed by atoms with E-state index in [2.05, 4.69) is 15.2 Å². The van der Waals surface area contributed by atoms with Gasteiger partial charge in [-0.15, -0.1) is 0 Å². The average Bonchev–Trinajstić information content (AvgIpc) is 2.55. The third kappa shape index (κ3) is 2.37. The monoisotopic (exact) mass is 295 g/mol. The summed E-state index contributed by atoms with van der Waals surface area (Å²) in [5.41, 5.74) is 2.45. The second-order valence-electron chi connectivity index (χ2n) is 6.53. The Morgan fingerprint density at radius 1 is 1.27 bits per heavy atom. The zero-order valence-electron chi connectivity index (χ0n) is 12.9. The zero-order valence-corrected chi connectivity index (χ0v) is 12.9. The maximum absolute atomic E-state index is 12.7. The van der Waals surface area contributed by atoms with Gasteiger partial charge in [-0.05, 0) is 50.9 Å². The Labute approximate surface area is 130 Å². The highest BCUT2D eigenvalue weighted by Crippen LogP contribution is 2.28. The highest BCUT2D eigenvalue weighted by atomic mass is 16.1. The molecular formula is C18H21N3O. The number of para-hydroxylation sites is 1. The Morgan fingerprint density at radius 3 is 2.77 bits per heavy atom. The number of aromatic nitrogens is 1. The number of nitrogens with one attached hydrogen (secondary N) is 1. The van der Waals surface area contributed by atoms with Crippen LogP contribution >= 0.6 is 0 Å². The molecule has 0 saturated carbocycles. The van der Waals surface area contributed by atoms with Crippen molar-refractivity contribution in [1.82, 2.24) is 15.2 Å². The largest absolute Gasteiger partial charge is 0.348 e. The lowest BCUT2D eigenvalue weighted by Crippen LogP contribution is -2.57. The molecule has 114 valence electrons. The molecule has 0 spiro atoms. The molecule has 3 fully saturated rings. The van der Waals surface area contributed by atoms with Crippen molar-refractivity contribution in [3.8, 4) is 0 Å². The molecule has 0 aliphatic carbocycles. The van der Waals surface area contributed by atoms with Gasteiger partial charge in [0, 0.05) is 18.0 Å². The van der Waals surface area contributed by atoms with Crippen LogP contribution in [0.25, 0.3) is 10.9 Å². The van der Waals surface area contributed by atoms with E-state index >= 15 is 0 Å². The molecular weight excluding hydrogens is 274 g/mol. The van der Waals surface area contributed by atoms with Gasteiger partial charge in [0.15, 0.2) is 0 Å². The second kappa shape index (κ2) is 5.36. The lowest BCUT2D eigenvalue weighted by atomic mass is 9.84. The predicted molar refractivity (Wildman–Crippen MR) is 86.9 cm³/mol. The van der Waals surface area contributed by atoms with Crippen LogP contribution in [0.5, 0.6) is 0 Å². The van der Waals surface area contributed by atoms with Crippen LogP contribution in [0, 0.1) is 12.8 Å². The molecule has 22 heavy (non-hydrogen) atoms. The van der Waals surface area contributed by atoms with E-state index in [1.165, 1.54) is 25.9 Å². The number of aryl methyl sites for hydroxylation is 1. The first kappa shape index (κ1) is 13.7. The molecule has 1 aromatic heterocycles. The van der Waals surface area contributed by atoms with Crippen molar-refractivity contribution >= 4 is 16.8 Å². The number of amides is 1.